The minimum absolute atomic E-state index is 0.117. The molecule has 2 aliphatic heterocycles. The molecule has 4 heterocycles. The Balaban J connectivity index is 1.49. The Morgan fingerprint density at radius 1 is 1.28 bits per heavy atom. The molecule has 0 aromatic carbocycles. The summed E-state index contributed by atoms with van der Waals surface area (Å²) in [6, 6.07) is 4.09. The van der Waals surface area contributed by atoms with Crippen molar-refractivity contribution in [1.29, 1.82) is 0 Å². The highest BCUT2D eigenvalue weighted by Crippen LogP contribution is 2.43. The number of nitrogens with one attached hydrogen (secondary N) is 1. The minimum Gasteiger partial charge on any atom is -0.361 e. The molecule has 0 radical (unpaired) electrons. The largest absolute Gasteiger partial charge is 0.361 e. The molecule has 1 amide bonds. The number of carbonyl (C=O) groups excluding carboxylic acids is 1. The van der Waals surface area contributed by atoms with Crippen LogP contribution >= 0.6 is 0 Å². The predicted molar refractivity (Wildman–Crippen MR) is 93.0 cm³/mol. The van der Waals surface area contributed by atoms with Crippen molar-refractivity contribution in [3.05, 3.63) is 47.1 Å². The molecule has 0 saturated carbocycles. The zero-order valence-corrected chi connectivity index (χ0v) is 14.8. The summed E-state index contributed by atoms with van der Waals surface area (Å²) < 4.78 is 5.28. The lowest BCUT2D eigenvalue weighted by Gasteiger charge is -2.43. The molecule has 0 aliphatic carbocycles. The smallest absolute Gasteiger partial charge is 0.221 e. The molecule has 4 rings (SSSR count). The van der Waals surface area contributed by atoms with Crippen LogP contribution in [0.5, 0.6) is 0 Å². The Hall–Kier alpha value is -2.21. The summed E-state index contributed by atoms with van der Waals surface area (Å²) in [5.41, 5.74) is 3.26. The fraction of sp³-hybridized carbons (Fsp3) is 0.526. The van der Waals surface area contributed by atoms with Crippen molar-refractivity contribution < 1.29 is 9.32 Å². The van der Waals surface area contributed by atoms with E-state index in [9.17, 15) is 4.79 Å². The summed E-state index contributed by atoms with van der Waals surface area (Å²) in [7, 11) is 0. The van der Waals surface area contributed by atoms with Crippen molar-refractivity contribution in [2.45, 2.75) is 51.1 Å². The summed E-state index contributed by atoms with van der Waals surface area (Å²) in [5.74, 6) is 1.31. The van der Waals surface area contributed by atoms with E-state index in [2.05, 4.69) is 20.4 Å². The third-order valence-electron chi connectivity index (χ3n) is 5.86. The van der Waals surface area contributed by atoms with Crippen LogP contribution in [0.4, 0.5) is 0 Å². The number of nitrogens with zero attached hydrogens (tertiary/aromatic N) is 3. The average Bonchev–Trinajstić information content (AvgIpc) is 3.11. The van der Waals surface area contributed by atoms with Gasteiger partial charge in [0.1, 0.15) is 5.76 Å². The van der Waals surface area contributed by atoms with Crippen LogP contribution in [0.3, 0.4) is 0 Å². The molecule has 1 atom stereocenters. The first-order chi connectivity index (χ1) is 12.1. The number of carbonyl (C=O) groups is 1. The van der Waals surface area contributed by atoms with E-state index in [0.717, 1.165) is 43.9 Å². The van der Waals surface area contributed by atoms with Crippen molar-refractivity contribution in [2.24, 2.45) is 0 Å². The Morgan fingerprint density at radius 2 is 2.00 bits per heavy atom. The standard InChI is InChI=1S/C19H24N4O2/c1-13-16(14(2)25-22-13)12-23-9-5-19(6-10-23)17(11-18(24)21-19)15-3-7-20-8-4-15/h3-4,7-8,17H,5-6,9-12H2,1-2H3,(H,21,24)/t17-/m1/s1. The summed E-state index contributed by atoms with van der Waals surface area (Å²) in [6.45, 7) is 6.76. The van der Waals surface area contributed by atoms with Gasteiger partial charge in [-0.2, -0.15) is 0 Å². The summed E-state index contributed by atoms with van der Waals surface area (Å²) in [4.78, 5) is 18.7. The molecule has 1 N–H and O–H groups in total. The van der Waals surface area contributed by atoms with Gasteiger partial charge in [-0.05, 0) is 44.4 Å². The van der Waals surface area contributed by atoms with Gasteiger partial charge in [-0.15, -0.1) is 0 Å². The van der Waals surface area contributed by atoms with Gasteiger partial charge in [0, 0.05) is 55.5 Å². The number of likely N-dealkylation sites (tertiary alicyclic amines) is 1. The van der Waals surface area contributed by atoms with E-state index in [-0.39, 0.29) is 17.4 Å². The van der Waals surface area contributed by atoms with Crippen molar-refractivity contribution >= 4 is 5.91 Å². The van der Waals surface area contributed by atoms with Gasteiger partial charge in [-0.25, -0.2) is 0 Å². The fourth-order valence-electron chi connectivity index (χ4n) is 4.36. The fourth-order valence-corrected chi connectivity index (χ4v) is 4.36. The van der Waals surface area contributed by atoms with Gasteiger partial charge in [-0.1, -0.05) is 5.16 Å². The van der Waals surface area contributed by atoms with Crippen molar-refractivity contribution in [1.82, 2.24) is 20.4 Å². The number of rotatable bonds is 3. The van der Waals surface area contributed by atoms with Gasteiger partial charge >= 0.3 is 0 Å². The van der Waals surface area contributed by atoms with Gasteiger partial charge in [-0.3, -0.25) is 14.7 Å². The third-order valence-corrected chi connectivity index (χ3v) is 5.86. The molecule has 1 spiro atoms. The average molecular weight is 340 g/mol. The Kier molecular flexibility index (Phi) is 4.07. The lowest BCUT2D eigenvalue weighted by molar-refractivity contribution is -0.120. The molecule has 0 bridgehead atoms. The van der Waals surface area contributed by atoms with E-state index >= 15 is 0 Å². The van der Waals surface area contributed by atoms with E-state index in [1.807, 2.05) is 38.4 Å². The van der Waals surface area contributed by atoms with E-state index in [1.54, 1.807) is 0 Å². The van der Waals surface area contributed by atoms with Crippen LogP contribution in [-0.4, -0.2) is 39.6 Å². The Morgan fingerprint density at radius 3 is 2.64 bits per heavy atom. The highest BCUT2D eigenvalue weighted by Gasteiger charge is 2.48. The molecule has 25 heavy (non-hydrogen) atoms. The lowest BCUT2D eigenvalue weighted by Crippen LogP contribution is -2.53. The number of aromatic nitrogens is 2. The first kappa shape index (κ1) is 16.3. The number of piperidine rings is 1. The number of hydrogen-bond donors (Lipinski definition) is 1. The van der Waals surface area contributed by atoms with E-state index in [1.165, 1.54) is 11.1 Å². The van der Waals surface area contributed by atoms with Crippen LogP contribution in [0.15, 0.2) is 29.0 Å². The van der Waals surface area contributed by atoms with Gasteiger partial charge in [0.25, 0.3) is 0 Å². The molecule has 2 fully saturated rings. The maximum Gasteiger partial charge on any atom is 0.221 e. The zero-order valence-electron chi connectivity index (χ0n) is 14.8. The normalized spacial score (nSPS) is 23.1. The topological polar surface area (TPSA) is 71.3 Å². The molecule has 6 nitrogen and oxygen atoms in total. The zero-order chi connectivity index (χ0) is 17.4. The Bertz CT molecular complexity index is 743. The second-order valence-electron chi connectivity index (χ2n) is 7.32. The quantitative estimate of drug-likeness (QED) is 0.928. The highest BCUT2D eigenvalue weighted by molar-refractivity contribution is 5.81. The Labute approximate surface area is 147 Å². The van der Waals surface area contributed by atoms with Gasteiger partial charge in [0.05, 0.1) is 5.69 Å². The van der Waals surface area contributed by atoms with Crippen molar-refractivity contribution in [2.75, 3.05) is 13.1 Å². The molecule has 2 aromatic heterocycles. The van der Waals surface area contributed by atoms with E-state index in [4.69, 9.17) is 4.52 Å². The molecule has 2 aromatic rings. The molecular formula is C19H24N4O2. The van der Waals surface area contributed by atoms with Crippen LogP contribution in [0, 0.1) is 13.8 Å². The second-order valence-corrected chi connectivity index (χ2v) is 7.32. The van der Waals surface area contributed by atoms with Crippen molar-refractivity contribution in [3.8, 4) is 0 Å². The first-order valence-electron chi connectivity index (χ1n) is 8.92. The van der Waals surface area contributed by atoms with Crippen LogP contribution < -0.4 is 5.32 Å². The maximum absolute atomic E-state index is 12.2. The first-order valence-corrected chi connectivity index (χ1v) is 8.92. The maximum atomic E-state index is 12.2. The number of aryl methyl sites for hydroxylation is 2. The highest BCUT2D eigenvalue weighted by atomic mass is 16.5. The number of hydrogen-bond acceptors (Lipinski definition) is 5. The van der Waals surface area contributed by atoms with Crippen LogP contribution in [0.25, 0.3) is 0 Å². The summed E-state index contributed by atoms with van der Waals surface area (Å²) in [6.07, 6.45) is 6.15. The predicted octanol–water partition coefficient (Wildman–Crippen LogP) is 2.32. The minimum atomic E-state index is -0.117. The summed E-state index contributed by atoms with van der Waals surface area (Å²) in [5, 5.41) is 7.35. The molecule has 0 unspecified atom stereocenters. The SMILES string of the molecule is Cc1noc(C)c1CN1CCC2(CC1)NC(=O)C[C@@H]2c1ccncc1. The molecule has 2 saturated heterocycles. The molecule has 6 heteroatoms. The molecule has 2 aliphatic rings. The number of pyridine rings is 1. The lowest BCUT2D eigenvalue weighted by atomic mass is 9.74. The van der Waals surface area contributed by atoms with Gasteiger partial charge < -0.3 is 9.84 Å². The molecular weight excluding hydrogens is 316 g/mol. The number of amides is 1. The summed E-state index contributed by atoms with van der Waals surface area (Å²) >= 11 is 0. The van der Waals surface area contributed by atoms with E-state index < -0.39 is 0 Å². The van der Waals surface area contributed by atoms with Crippen LogP contribution in [0.2, 0.25) is 0 Å². The van der Waals surface area contributed by atoms with Gasteiger partial charge in [0.15, 0.2) is 0 Å². The molecule has 132 valence electrons. The third kappa shape index (κ3) is 2.95. The monoisotopic (exact) mass is 340 g/mol. The van der Waals surface area contributed by atoms with Crippen molar-refractivity contribution in [3.63, 3.8) is 0 Å². The van der Waals surface area contributed by atoms with Gasteiger partial charge in [0.2, 0.25) is 5.91 Å². The second kappa shape index (κ2) is 6.26. The van der Waals surface area contributed by atoms with E-state index in [0.29, 0.717) is 6.42 Å². The van der Waals surface area contributed by atoms with Crippen LogP contribution in [0.1, 0.15) is 47.8 Å². The van der Waals surface area contributed by atoms with Crippen LogP contribution in [-0.2, 0) is 11.3 Å².